The van der Waals surface area contributed by atoms with Gasteiger partial charge in [-0.1, -0.05) is 35.9 Å². The second kappa shape index (κ2) is 9.45. The quantitative estimate of drug-likeness (QED) is 0.368. The van der Waals surface area contributed by atoms with Crippen LogP contribution in [-0.2, 0) is 6.61 Å². The molecule has 0 spiro atoms. The maximum atomic E-state index is 13.6. The third-order valence-electron chi connectivity index (χ3n) is 5.66. The van der Waals surface area contributed by atoms with Crippen LogP contribution < -0.4 is 19.7 Å². The first-order valence-electron chi connectivity index (χ1n) is 10.8. The molecule has 6 nitrogen and oxygen atoms in total. The zero-order valence-electron chi connectivity index (χ0n) is 18.4. The SMILES string of the molecule is COc1ccc(C2Nc3ccccc3C(=O)N2c2ccc(Cl)cc2)cc1COc1ccccn1. The van der Waals surface area contributed by atoms with Gasteiger partial charge in [-0.15, -0.1) is 0 Å². The maximum absolute atomic E-state index is 13.6. The standard InChI is InChI=1S/C27H22ClN3O3/c1-33-24-14-9-18(16-19(24)17-34-25-8-4-5-15-29-25)26-30-23-7-3-2-6-22(23)27(32)31(26)21-12-10-20(28)11-13-21/h2-16,26,30H,17H2,1H3. The minimum Gasteiger partial charge on any atom is -0.496 e. The number of aromatic nitrogens is 1. The van der Waals surface area contributed by atoms with Gasteiger partial charge in [0, 0.05) is 34.2 Å². The first-order valence-corrected chi connectivity index (χ1v) is 11.2. The normalized spacial score (nSPS) is 14.8. The molecule has 170 valence electrons. The number of hydrogen-bond acceptors (Lipinski definition) is 5. The summed E-state index contributed by atoms with van der Waals surface area (Å²) in [5.74, 6) is 1.13. The van der Waals surface area contributed by atoms with Gasteiger partial charge in [-0.05, 0) is 60.2 Å². The van der Waals surface area contributed by atoms with Crippen molar-refractivity contribution in [3.05, 3.63) is 113 Å². The molecule has 0 saturated carbocycles. The zero-order chi connectivity index (χ0) is 23.5. The molecule has 1 aliphatic heterocycles. The van der Waals surface area contributed by atoms with Crippen molar-refractivity contribution in [1.82, 2.24) is 4.98 Å². The van der Waals surface area contributed by atoms with Crippen LogP contribution in [0.3, 0.4) is 0 Å². The molecule has 3 aromatic carbocycles. The third-order valence-corrected chi connectivity index (χ3v) is 5.92. The lowest BCUT2D eigenvalue weighted by Crippen LogP contribution is -2.43. The molecule has 1 N–H and O–H groups in total. The van der Waals surface area contributed by atoms with Gasteiger partial charge < -0.3 is 14.8 Å². The highest BCUT2D eigenvalue weighted by Crippen LogP contribution is 2.38. The smallest absolute Gasteiger partial charge is 0.262 e. The fraction of sp³-hybridized carbons (Fsp3) is 0.111. The molecule has 0 radical (unpaired) electrons. The van der Waals surface area contributed by atoms with Gasteiger partial charge >= 0.3 is 0 Å². The predicted molar refractivity (Wildman–Crippen MR) is 133 cm³/mol. The molecule has 1 atom stereocenters. The lowest BCUT2D eigenvalue weighted by atomic mass is 10.0. The summed E-state index contributed by atoms with van der Waals surface area (Å²) in [5, 5.41) is 4.13. The van der Waals surface area contributed by atoms with Gasteiger partial charge in [0.2, 0.25) is 5.88 Å². The highest BCUT2D eigenvalue weighted by molar-refractivity contribution is 6.30. The van der Waals surface area contributed by atoms with Gasteiger partial charge in [0.1, 0.15) is 18.5 Å². The number of anilines is 2. The van der Waals surface area contributed by atoms with E-state index in [-0.39, 0.29) is 12.5 Å². The summed E-state index contributed by atoms with van der Waals surface area (Å²) in [6, 6.07) is 26.1. The van der Waals surface area contributed by atoms with Gasteiger partial charge in [-0.2, -0.15) is 0 Å². The van der Waals surface area contributed by atoms with Crippen molar-refractivity contribution in [3.8, 4) is 11.6 Å². The molecular weight excluding hydrogens is 450 g/mol. The molecule has 1 aliphatic rings. The van der Waals surface area contributed by atoms with E-state index in [0.717, 1.165) is 22.5 Å². The van der Waals surface area contributed by atoms with Crippen LogP contribution in [0, 0.1) is 0 Å². The summed E-state index contributed by atoms with van der Waals surface area (Å²) < 4.78 is 11.4. The second-order valence-electron chi connectivity index (χ2n) is 7.77. The Kier molecular flexibility index (Phi) is 6.06. The number of halogens is 1. The molecule has 0 fully saturated rings. The molecule has 34 heavy (non-hydrogen) atoms. The van der Waals surface area contributed by atoms with E-state index >= 15 is 0 Å². The van der Waals surface area contributed by atoms with E-state index in [4.69, 9.17) is 21.1 Å². The van der Waals surface area contributed by atoms with E-state index in [1.807, 2.05) is 66.7 Å². The number of carbonyl (C=O) groups is 1. The largest absolute Gasteiger partial charge is 0.496 e. The average molecular weight is 472 g/mol. The summed E-state index contributed by atoms with van der Waals surface area (Å²) in [4.78, 5) is 19.6. The fourth-order valence-electron chi connectivity index (χ4n) is 4.02. The Hall–Kier alpha value is -4.03. The molecule has 7 heteroatoms. The van der Waals surface area contributed by atoms with Crippen LogP contribution in [0.25, 0.3) is 0 Å². The van der Waals surface area contributed by atoms with Crippen LogP contribution >= 0.6 is 11.6 Å². The molecule has 0 aliphatic carbocycles. The Balaban J connectivity index is 1.54. The first kappa shape index (κ1) is 21.8. The minimum absolute atomic E-state index is 0.0937. The van der Waals surface area contributed by atoms with Crippen molar-refractivity contribution in [2.24, 2.45) is 0 Å². The summed E-state index contributed by atoms with van der Waals surface area (Å²) >= 11 is 6.11. The summed E-state index contributed by atoms with van der Waals surface area (Å²) in [6.07, 6.45) is 1.24. The Morgan fingerprint density at radius 2 is 1.79 bits per heavy atom. The van der Waals surface area contributed by atoms with Gasteiger partial charge in [-0.3, -0.25) is 9.69 Å². The summed E-state index contributed by atoms with van der Waals surface area (Å²) in [6.45, 7) is 0.270. The Labute approximate surface area is 202 Å². The van der Waals surface area contributed by atoms with Crippen LogP contribution in [0.4, 0.5) is 11.4 Å². The zero-order valence-corrected chi connectivity index (χ0v) is 19.2. The molecule has 0 saturated heterocycles. The number of nitrogens with one attached hydrogen (secondary N) is 1. The van der Waals surface area contributed by atoms with E-state index in [0.29, 0.717) is 22.2 Å². The second-order valence-corrected chi connectivity index (χ2v) is 8.21. The lowest BCUT2D eigenvalue weighted by molar-refractivity contribution is 0.0975. The summed E-state index contributed by atoms with van der Waals surface area (Å²) in [5.41, 5.74) is 3.86. The summed E-state index contributed by atoms with van der Waals surface area (Å²) in [7, 11) is 1.62. The molecule has 5 rings (SSSR count). The molecule has 1 aromatic heterocycles. The number of fused-ring (bicyclic) bond motifs is 1. The molecule has 4 aromatic rings. The predicted octanol–water partition coefficient (Wildman–Crippen LogP) is 6.09. The number of ether oxygens (including phenoxy) is 2. The number of amides is 1. The number of rotatable bonds is 6. The molecule has 1 amide bonds. The Morgan fingerprint density at radius 1 is 1.00 bits per heavy atom. The number of carbonyl (C=O) groups excluding carboxylic acids is 1. The topological polar surface area (TPSA) is 63.7 Å². The third kappa shape index (κ3) is 4.28. The Bertz CT molecular complexity index is 1310. The highest BCUT2D eigenvalue weighted by Gasteiger charge is 2.34. The molecular formula is C27H22ClN3O3. The number of nitrogens with zero attached hydrogens (tertiary/aromatic N) is 2. The number of pyridine rings is 1. The van der Waals surface area contributed by atoms with Crippen LogP contribution in [0.5, 0.6) is 11.6 Å². The van der Waals surface area contributed by atoms with Gasteiger partial charge in [0.25, 0.3) is 5.91 Å². The highest BCUT2D eigenvalue weighted by atomic mass is 35.5. The van der Waals surface area contributed by atoms with Gasteiger partial charge in [0.15, 0.2) is 0 Å². The van der Waals surface area contributed by atoms with Crippen molar-refractivity contribution in [2.75, 3.05) is 17.3 Å². The Morgan fingerprint density at radius 3 is 2.56 bits per heavy atom. The molecule has 0 bridgehead atoms. The van der Waals surface area contributed by atoms with E-state index in [1.54, 1.807) is 36.4 Å². The van der Waals surface area contributed by atoms with Crippen molar-refractivity contribution in [2.45, 2.75) is 12.8 Å². The number of methoxy groups -OCH3 is 1. The lowest BCUT2D eigenvalue weighted by Gasteiger charge is -2.38. The van der Waals surface area contributed by atoms with Crippen molar-refractivity contribution in [1.29, 1.82) is 0 Å². The van der Waals surface area contributed by atoms with Crippen molar-refractivity contribution in [3.63, 3.8) is 0 Å². The van der Waals surface area contributed by atoms with Crippen LogP contribution in [0.1, 0.15) is 27.7 Å². The average Bonchev–Trinajstić information content (AvgIpc) is 2.88. The number of benzene rings is 3. The van der Waals surface area contributed by atoms with Crippen LogP contribution in [0.2, 0.25) is 5.02 Å². The van der Waals surface area contributed by atoms with Crippen LogP contribution in [-0.4, -0.2) is 18.0 Å². The maximum Gasteiger partial charge on any atom is 0.262 e. The van der Waals surface area contributed by atoms with E-state index < -0.39 is 6.17 Å². The van der Waals surface area contributed by atoms with Crippen molar-refractivity contribution < 1.29 is 14.3 Å². The molecule has 2 heterocycles. The molecule has 1 unspecified atom stereocenters. The minimum atomic E-state index is -0.442. The monoisotopic (exact) mass is 471 g/mol. The van der Waals surface area contributed by atoms with Crippen LogP contribution in [0.15, 0.2) is 91.1 Å². The fourth-order valence-corrected chi connectivity index (χ4v) is 4.15. The number of para-hydroxylation sites is 1. The van der Waals surface area contributed by atoms with E-state index in [2.05, 4.69) is 10.3 Å². The van der Waals surface area contributed by atoms with E-state index in [9.17, 15) is 4.79 Å². The number of hydrogen-bond donors (Lipinski definition) is 1. The van der Waals surface area contributed by atoms with Crippen molar-refractivity contribution >= 4 is 28.9 Å². The van der Waals surface area contributed by atoms with Gasteiger partial charge in [0.05, 0.1) is 12.7 Å². The van der Waals surface area contributed by atoms with Gasteiger partial charge in [-0.25, -0.2) is 4.98 Å². The van der Waals surface area contributed by atoms with E-state index in [1.165, 1.54) is 0 Å². The first-order chi connectivity index (χ1) is 16.6.